The molecule has 2 N–H and O–H groups in total. The first-order valence-electron chi connectivity index (χ1n) is 8.27. The molecule has 21 heavy (non-hydrogen) atoms. The molecule has 0 heterocycles. The highest BCUT2D eigenvalue weighted by Crippen LogP contribution is 2.31. The fourth-order valence-corrected chi connectivity index (χ4v) is 3.30. The van der Waals surface area contributed by atoms with E-state index in [1.165, 1.54) is 24.8 Å². The number of nitrogens with zero attached hydrogens (tertiary/aromatic N) is 1. The van der Waals surface area contributed by atoms with Gasteiger partial charge < -0.3 is 10.6 Å². The summed E-state index contributed by atoms with van der Waals surface area (Å²) in [4.78, 5) is 14.7. The molecule has 0 unspecified atom stereocenters. The molecule has 1 aromatic carbocycles. The highest BCUT2D eigenvalue weighted by Gasteiger charge is 2.28. The van der Waals surface area contributed by atoms with E-state index < -0.39 is 0 Å². The van der Waals surface area contributed by atoms with E-state index in [1.54, 1.807) is 0 Å². The lowest BCUT2D eigenvalue weighted by atomic mass is 9.80. The standard InChI is InChI=1S/C18H28N2O/c1-2-15-8-10-17(11-9-15)18(21)20(13-12-19)14-16-6-4-3-5-7-16/h3-7,15,17H,2,8-14,19H2,1H3. The summed E-state index contributed by atoms with van der Waals surface area (Å²) in [6, 6.07) is 10.2. The minimum Gasteiger partial charge on any atom is -0.337 e. The highest BCUT2D eigenvalue weighted by atomic mass is 16.2. The van der Waals surface area contributed by atoms with Crippen molar-refractivity contribution < 1.29 is 4.79 Å². The number of carbonyl (C=O) groups excluding carboxylic acids is 1. The molecule has 3 heteroatoms. The van der Waals surface area contributed by atoms with Crippen LogP contribution in [-0.2, 0) is 11.3 Å². The molecule has 1 aliphatic rings. The number of carbonyl (C=O) groups is 1. The molecular weight excluding hydrogens is 260 g/mol. The van der Waals surface area contributed by atoms with E-state index in [2.05, 4.69) is 19.1 Å². The Kier molecular flexibility index (Phi) is 6.24. The van der Waals surface area contributed by atoms with E-state index in [0.717, 1.165) is 18.8 Å². The van der Waals surface area contributed by atoms with Gasteiger partial charge in [0, 0.05) is 25.6 Å². The molecule has 0 atom stereocenters. The quantitative estimate of drug-likeness (QED) is 0.874. The summed E-state index contributed by atoms with van der Waals surface area (Å²) in [6.45, 7) is 4.12. The van der Waals surface area contributed by atoms with Crippen LogP contribution >= 0.6 is 0 Å². The van der Waals surface area contributed by atoms with Gasteiger partial charge in [0.15, 0.2) is 0 Å². The maximum atomic E-state index is 12.8. The molecule has 1 aromatic rings. The molecule has 1 amide bonds. The van der Waals surface area contributed by atoms with Crippen molar-refractivity contribution in [3.8, 4) is 0 Å². The molecular formula is C18H28N2O. The van der Waals surface area contributed by atoms with Crippen LogP contribution in [0.25, 0.3) is 0 Å². The zero-order chi connectivity index (χ0) is 15.1. The minimum atomic E-state index is 0.211. The Hall–Kier alpha value is -1.35. The third-order valence-corrected chi connectivity index (χ3v) is 4.70. The molecule has 1 saturated carbocycles. The molecule has 0 saturated heterocycles. The van der Waals surface area contributed by atoms with Crippen LogP contribution in [0.4, 0.5) is 0 Å². The maximum absolute atomic E-state index is 12.8. The van der Waals surface area contributed by atoms with Crippen LogP contribution in [-0.4, -0.2) is 23.9 Å². The first-order valence-corrected chi connectivity index (χ1v) is 8.27. The topological polar surface area (TPSA) is 46.3 Å². The van der Waals surface area contributed by atoms with Crippen LogP contribution < -0.4 is 5.73 Å². The maximum Gasteiger partial charge on any atom is 0.226 e. The second-order valence-corrected chi connectivity index (χ2v) is 6.16. The summed E-state index contributed by atoms with van der Waals surface area (Å²) in [5.41, 5.74) is 6.88. The van der Waals surface area contributed by atoms with Gasteiger partial charge in [-0.2, -0.15) is 0 Å². The van der Waals surface area contributed by atoms with Gasteiger partial charge in [0.05, 0.1) is 0 Å². The van der Waals surface area contributed by atoms with Crippen molar-refractivity contribution in [1.82, 2.24) is 4.90 Å². The average Bonchev–Trinajstić information content (AvgIpc) is 2.55. The summed E-state index contributed by atoms with van der Waals surface area (Å²) in [5.74, 6) is 1.34. The van der Waals surface area contributed by atoms with Crippen LogP contribution in [0, 0.1) is 11.8 Å². The molecule has 3 nitrogen and oxygen atoms in total. The molecule has 116 valence electrons. The Balaban J connectivity index is 1.96. The van der Waals surface area contributed by atoms with E-state index in [1.807, 2.05) is 23.1 Å². The average molecular weight is 288 g/mol. The van der Waals surface area contributed by atoms with E-state index in [9.17, 15) is 4.79 Å². The second kappa shape index (κ2) is 8.18. The third kappa shape index (κ3) is 4.57. The van der Waals surface area contributed by atoms with Crippen molar-refractivity contribution in [2.75, 3.05) is 13.1 Å². The van der Waals surface area contributed by atoms with Crippen LogP contribution in [0.1, 0.15) is 44.6 Å². The first-order chi connectivity index (χ1) is 10.2. The largest absolute Gasteiger partial charge is 0.337 e. The van der Waals surface area contributed by atoms with Crippen molar-refractivity contribution >= 4 is 5.91 Å². The zero-order valence-electron chi connectivity index (χ0n) is 13.1. The van der Waals surface area contributed by atoms with Gasteiger partial charge in [-0.25, -0.2) is 0 Å². The molecule has 0 aliphatic heterocycles. The number of hydrogen-bond donors (Lipinski definition) is 1. The number of benzene rings is 1. The lowest BCUT2D eigenvalue weighted by Crippen LogP contribution is -2.40. The van der Waals surface area contributed by atoms with Crippen molar-refractivity contribution in [1.29, 1.82) is 0 Å². The number of nitrogens with two attached hydrogens (primary N) is 1. The fraction of sp³-hybridized carbons (Fsp3) is 0.611. The molecule has 1 fully saturated rings. The van der Waals surface area contributed by atoms with Crippen LogP contribution in [0.15, 0.2) is 30.3 Å². The molecule has 0 radical (unpaired) electrons. The Morgan fingerprint density at radius 3 is 2.43 bits per heavy atom. The molecule has 2 rings (SSSR count). The number of hydrogen-bond acceptors (Lipinski definition) is 2. The molecule has 1 aliphatic carbocycles. The smallest absolute Gasteiger partial charge is 0.226 e. The number of rotatable bonds is 6. The Labute approximate surface area is 128 Å². The van der Waals surface area contributed by atoms with Crippen molar-refractivity contribution in [2.24, 2.45) is 17.6 Å². The van der Waals surface area contributed by atoms with Gasteiger partial charge in [-0.1, -0.05) is 43.7 Å². The summed E-state index contributed by atoms with van der Waals surface area (Å²) in [5, 5.41) is 0. The summed E-state index contributed by atoms with van der Waals surface area (Å²) in [7, 11) is 0. The summed E-state index contributed by atoms with van der Waals surface area (Å²) >= 11 is 0. The molecule has 0 aromatic heterocycles. The van der Waals surface area contributed by atoms with Gasteiger partial charge in [-0.05, 0) is 37.2 Å². The number of amides is 1. The predicted molar refractivity (Wildman–Crippen MR) is 86.7 cm³/mol. The third-order valence-electron chi connectivity index (χ3n) is 4.70. The van der Waals surface area contributed by atoms with Crippen molar-refractivity contribution in [3.05, 3.63) is 35.9 Å². The lowest BCUT2D eigenvalue weighted by molar-refractivity contribution is -0.137. The Morgan fingerprint density at radius 1 is 1.19 bits per heavy atom. The predicted octanol–water partition coefficient (Wildman–Crippen LogP) is 3.19. The summed E-state index contributed by atoms with van der Waals surface area (Å²) < 4.78 is 0. The normalized spacial score (nSPS) is 22.0. The Bertz CT molecular complexity index is 424. The van der Waals surface area contributed by atoms with Gasteiger partial charge in [0.2, 0.25) is 5.91 Å². The molecule has 0 bridgehead atoms. The molecule has 0 spiro atoms. The van der Waals surface area contributed by atoms with E-state index in [0.29, 0.717) is 25.5 Å². The second-order valence-electron chi connectivity index (χ2n) is 6.16. The van der Waals surface area contributed by atoms with Gasteiger partial charge in [0.1, 0.15) is 0 Å². The van der Waals surface area contributed by atoms with Gasteiger partial charge in [-0.3, -0.25) is 4.79 Å². The van der Waals surface area contributed by atoms with E-state index in [4.69, 9.17) is 5.73 Å². The van der Waals surface area contributed by atoms with Gasteiger partial charge in [-0.15, -0.1) is 0 Å². The minimum absolute atomic E-state index is 0.211. The van der Waals surface area contributed by atoms with Crippen LogP contribution in [0.5, 0.6) is 0 Å². The lowest BCUT2D eigenvalue weighted by Gasteiger charge is -2.32. The first kappa shape index (κ1) is 16.0. The Morgan fingerprint density at radius 2 is 1.86 bits per heavy atom. The van der Waals surface area contributed by atoms with Gasteiger partial charge in [0.25, 0.3) is 0 Å². The van der Waals surface area contributed by atoms with Crippen LogP contribution in [0.3, 0.4) is 0 Å². The SMILES string of the molecule is CCC1CCC(C(=O)N(CCN)Cc2ccccc2)CC1. The summed E-state index contributed by atoms with van der Waals surface area (Å²) in [6.07, 6.45) is 5.75. The van der Waals surface area contributed by atoms with Crippen LogP contribution in [0.2, 0.25) is 0 Å². The monoisotopic (exact) mass is 288 g/mol. The van der Waals surface area contributed by atoms with Crippen molar-refractivity contribution in [3.63, 3.8) is 0 Å². The van der Waals surface area contributed by atoms with Crippen molar-refractivity contribution in [2.45, 2.75) is 45.6 Å². The van der Waals surface area contributed by atoms with E-state index >= 15 is 0 Å². The fourth-order valence-electron chi connectivity index (χ4n) is 3.30. The van der Waals surface area contributed by atoms with Gasteiger partial charge >= 0.3 is 0 Å². The van der Waals surface area contributed by atoms with E-state index in [-0.39, 0.29) is 5.92 Å². The zero-order valence-corrected chi connectivity index (χ0v) is 13.1. The highest BCUT2D eigenvalue weighted by molar-refractivity contribution is 5.79.